The first-order valence-corrected chi connectivity index (χ1v) is 7.97. The van der Waals surface area contributed by atoms with Crippen LogP contribution >= 0.6 is 0 Å². The molecule has 0 spiro atoms. The Morgan fingerprint density at radius 1 is 1.30 bits per heavy atom. The third-order valence-electron chi connectivity index (χ3n) is 4.75. The van der Waals surface area contributed by atoms with E-state index in [-0.39, 0.29) is 11.6 Å². The molecule has 0 aliphatic heterocycles. The molecule has 0 aromatic carbocycles. The molecule has 20 heavy (non-hydrogen) atoms. The lowest BCUT2D eigenvalue weighted by molar-refractivity contribution is -0.0469. The highest BCUT2D eigenvalue weighted by molar-refractivity contribution is 5.07. The van der Waals surface area contributed by atoms with Crippen LogP contribution in [0.25, 0.3) is 0 Å². The second-order valence-corrected chi connectivity index (χ2v) is 6.21. The second-order valence-electron chi connectivity index (χ2n) is 6.21. The van der Waals surface area contributed by atoms with Gasteiger partial charge in [-0.25, -0.2) is 0 Å². The number of nitrogens with two attached hydrogens (primary N) is 1. The number of aromatic nitrogens is 2. The number of ether oxygens (including phenoxy) is 1. The molecule has 0 radical (unpaired) electrons. The third-order valence-corrected chi connectivity index (χ3v) is 4.75. The monoisotopic (exact) mass is 279 g/mol. The Balaban J connectivity index is 1.78. The van der Waals surface area contributed by atoms with Crippen LogP contribution in [0.4, 0.5) is 0 Å². The summed E-state index contributed by atoms with van der Waals surface area (Å²) in [7, 11) is 0. The van der Waals surface area contributed by atoms with E-state index in [1.54, 1.807) is 0 Å². The van der Waals surface area contributed by atoms with Gasteiger partial charge in [0.2, 0.25) is 11.7 Å². The summed E-state index contributed by atoms with van der Waals surface area (Å²) in [6, 6.07) is 0.274. The minimum atomic E-state index is -0.298. The largest absolute Gasteiger partial charge is 0.367 e. The van der Waals surface area contributed by atoms with Gasteiger partial charge in [0.25, 0.3) is 0 Å². The predicted molar refractivity (Wildman–Crippen MR) is 75.3 cm³/mol. The highest BCUT2D eigenvalue weighted by Gasteiger charge is 2.41. The van der Waals surface area contributed by atoms with Crippen molar-refractivity contribution in [3.05, 3.63) is 11.7 Å². The van der Waals surface area contributed by atoms with E-state index in [9.17, 15) is 0 Å². The van der Waals surface area contributed by atoms with Crippen molar-refractivity contribution in [3.8, 4) is 0 Å². The molecule has 2 unspecified atom stereocenters. The van der Waals surface area contributed by atoms with Gasteiger partial charge in [-0.15, -0.1) is 0 Å². The molecule has 5 nitrogen and oxygen atoms in total. The zero-order valence-electron chi connectivity index (χ0n) is 12.3. The van der Waals surface area contributed by atoms with Crippen molar-refractivity contribution in [2.45, 2.75) is 75.9 Å². The van der Waals surface area contributed by atoms with Crippen molar-refractivity contribution in [2.24, 2.45) is 5.73 Å². The lowest BCUT2D eigenvalue weighted by Gasteiger charge is -2.25. The normalized spacial score (nSPS) is 29.7. The van der Waals surface area contributed by atoms with Crippen molar-refractivity contribution < 1.29 is 9.26 Å². The average Bonchev–Trinajstić information content (AvgIpc) is 3.08. The highest BCUT2D eigenvalue weighted by atomic mass is 16.5. The van der Waals surface area contributed by atoms with E-state index in [0.717, 1.165) is 50.2 Å². The zero-order valence-corrected chi connectivity index (χ0v) is 12.3. The average molecular weight is 279 g/mol. The number of hydrogen-bond donors (Lipinski definition) is 1. The molecule has 2 aliphatic rings. The van der Waals surface area contributed by atoms with E-state index >= 15 is 0 Å². The molecule has 1 aromatic rings. The summed E-state index contributed by atoms with van der Waals surface area (Å²) in [4.78, 5) is 4.68. The molecule has 5 heteroatoms. The summed E-state index contributed by atoms with van der Waals surface area (Å²) >= 11 is 0. The van der Waals surface area contributed by atoms with Gasteiger partial charge in [-0.1, -0.05) is 11.6 Å². The van der Waals surface area contributed by atoms with Gasteiger partial charge in [0.15, 0.2) is 0 Å². The van der Waals surface area contributed by atoms with Gasteiger partial charge in [-0.3, -0.25) is 0 Å². The standard InChI is InChI=1S/C15H25N3O2/c1-2-19-15(8-3-4-9-15)14-17-13(20-18-14)11-6-5-7-12(16)10-11/h11-12H,2-10,16H2,1H3. The first kappa shape index (κ1) is 14.0. The second kappa shape index (κ2) is 5.82. The molecule has 2 saturated carbocycles. The fourth-order valence-electron chi connectivity index (χ4n) is 3.69. The predicted octanol–water partition coefficient (Wildman–Crippen LogP) is 2.86. The first-order chi connectivity index (χ1) is 9.73. The molecular formula is C15H25N3O2. The molecular weight excluding hydrogens is 254 g/mol. The van der Waals surface area contributed by atoms with Crippen LogP contribution in [0.2, 0.25) is 0 Å². The van der Waals surface area contributed by atoms with E-state index in [4.69, 9.17) is 15.0 Å². The van der Waals surface area contributed by atoms with Crippen molar-refractivity contribution in [2.75, 3.05) is 6.61 Å². The van der Waals surface area contributed by atoms with Crippen molar-refractivity contribution >= 4 is 0 Å². The van der Waals surface area contributed by atoms with E-state index in [1.807, 2.05) is 6.92 Å². The maximum absolute atomic E-state index is 6.05. The fraction of sp³-hybridized carbons (Fsp3) is 0.867. The maximum atomic E-state index is 6.05. The van der Waals surface area contributed by atoms with E-state index in [1.165, 1.54) is 12.8 Å². The Kier molecular flexibility index (Phi) is 4.08. The first-order valence-electron chi connectivity index (χ1n) is 7.97. The van der Waals surface area contributed by atoms with Crippen LogP contribution in [0.3, 0.4) is 0 Å². The Hall–Kier alpha value is -0.940. The number of nitrogens with zero attached hydrogens (tertiary/aromatic N) is 2. The van der Waals surface area contributed by atoms with Gasteiger partial charge in [0.05, 0.1) is 0 Å². The Labute approximate surface area is 120 Å². The van der Waals surface area contributed by atoms with Gasteiger partial charge in [0.1, 0.15) is 5.60 Å². The number of rotatable bonds is 4. The van der Waals surface area contributed by atoms with E-state index < -0.39 is 0 Å². The van der Waals surface area contributed by atoms with Crippen LogP contribution in [-0.2, 0) is 10.3 Å². The van der Waals surface area contributed by atoms with Gasteiger partial charge in [-0.05, 0) is 51.9 Å². The summed E-state index contributed by atoms with van der Waals surface area (Å²) in [5.74, 6) is 1.85. The summed E-state index contributed by atoms with van der Waals surface area (Å²) in [6.07, 6.45) is 8.70. The Morgan fingerprint density at radius 2 is 2.10 bits per heavy atom. The molecule has 1 heterocycles. The van der Waals surface area contributed by atoms with Crippen molar-refractivity contribution in [1.29, 1.82) is 0 Å². The van der Waals surface area contributed by atoms with Crippen molar-refractivity contribution in [1.82, 2.24) is 10.1 Å². The van der Waals surface area contributed by atoms with Crippen LogP contribution < -0.4 is 5.73 Å². The molecule has 0 amide bonds. The highest BCUT2D eigenvalue weighted by Crippen LogP contribution is 2.41. The third kappa shape index (κ3) is 2.61. The molecule has 0 bridgehead atoms. The smallest absolute Gasteiger partial charge is 0.229 e. The van der Waals surface area contributed by atoms with Gasteiger partial charge < -0.3 is 15.0 Å². The van der Waals surface area contributed by atoms with Crippen LogP contribution in [-0.4, -0.2) is 22.8 Å². The molecule has 2 atom stereocenters. The fourth-order valence-corrected chi connectivity index (χ4v) is 3.69. The minimum absolute atomic E-state index is 0.274. The topological polar surface area (TPSA) is 74.2 Å². The van der Waals surface area contributed by atoms with Crippen LogP contribution in [0.1, 0.15) is 75.9 Å². The molecule has 2 N–H and O–H groups in total. The lowest BCUT2D eigenvalue weighted by Crippen LogP contribution is -2.28. The van der Waals surface area contributed by atoms with Gasteiger partial charge in [-0.2, -0.15) is 4.98 Å². The number of hydrogen-bond acceptors (Lipinski definition) is 5. The summed E-state index contributed by atoms with van der Waals surface area (Å²) < 4.78 is 11.5. The summed E-state index contributed by atoms with van der Waals surface area (Å²) in [6.45, 7) is 2.72. The van der Waals surface area contributed by atoms with Crippen LogP contribution in [0, 0.1) is 0 Å². The molecule has 1 aromatic heterocycles. The van der Waals surface area contributed by atoms with Crippen molar-refractivity contribution in [3.63, 3.8) is 0 Å². The van der Waals surface area contributed by atoms with Gasteiger partial charge >= 0.3 is 0 Å². The molecule has 2 fully saturated rings. The Morgan fingerprint density at radius 3 is 2.80 bits per heavy atom. The minimum Gasteiger partial charge on any atom is -0.367 e. The zero-order chi connectivity index (χ0) is 14.0. The molecule has 3 rings (SSSR count). The maximum Gasteiger partial charge on any atom is 0.229 e. The van der Waals surface area contributed by atoms with E-state index in [2.05, 4.69) is 10.1 Å². The lowest BCUT2D eigenvalue weighted by atomic mass is 9.86. The van der Waals surface area contributed by atoms with Crippen LogP contribution in [0.15, 0.2) is 4.52 Å². The quantitative estimate of drug-likeness (QED) is 0.917. The Bertz CT molecular complexity index is 440. The SMILES string of the molecule is CCOC1(c2noc(C3CCCC(N)C3)n2)CCCC1. The summed E-state index contributed by atoms with van der Waals surface area (Å²) in [5.41, 5.74) is 5.75. The molecule has 2 aliphatic carbocycles. The summed E-state index contributed by atoms with van der Waals surface area (Å²) in [5, 5.41) is 4.24. The molecule has 112 valence electrons. The van der Waals surface area contributed by atoms with Gasteiger partial charge in [0, 0.05) is 18.6 Å². The molecule has 0 saturated heterocycles. The van der Waals surface area contributed by atoms with E-state index in [0.29, 0.717) is 12.5 Å². The van der Waals surface area contributed by atoms with Crippen LogP contribution in [0.5, 0.6) is 0 Å².